The molecule has 0 bridgehead atoms. The summed E-state index contributed by atoms with van der Waals surface area (Å²) < 4.78 is 4.87. The minimum atomic E-state index is -0.934. The van der Waals surface area contributed by atoms with Crippen molar-refractivity contribution in [1.29, 1.82) is 0 Å². The third kappa shape index (κ3) is 3.58. The molecule has 1 aromatic rings. The summed E-state index contributed by atoms with van der Waals surface area (Å²) in [5.74, 6) is -0.353. The second-order valence-corrected chi connectivity index (χ2v) is 5.08. The van der Waals surface area contributed by atoms with Crippen molar-refractivity contribution in [2.24, 2.45) is 0 Å². The van der Waals surface area contributed by atoms with Gasteiger partial charge in [-0.15, -0.1) is 0 Å². The predicted molar refractivity (Wildman–Crippen MR) is 78.7 cm³/mol. The van der Waals surface area contributed by atoms with Crippen molar-refractivity contribution in [3.63, 3.8) is 0 Å². The number of carboxylic acid groups (broad SMARTS) is 1. The van der Waals surface area contributed by atoms with E-state index in [0.717, 1.165) is 11.1 Å². The smallest absolute Gasteiger partial charge is 0.407 e. The van der Waals surface area contributed by atoms with Crippen LogP contribution in [0.4, 0.5) is 10.5 Å². The summed E-state index contributed by atoms with van der Waals surface area (Å²) in [6.07, 6.45) is -0.371. The Morgan fingerprint density at radius 2 is 2.24 bits per heavy atom. The summed E-state index contributed by atoms with van der Waals surface area (Å²) in [5, 5.41) is 12.6. The first-order valence-electron chi connectivity index (χ1n) is 6.70. The van der Waals surface area contributed by atoms with Crippen LogP contribution in [0.15, 0.2) is 12.1 Å². The van der Waals surface area contributed by atoms with E-state index in [4.69, 9.17) is 21.4 Å². The molecule has 1 aromatic carbocycles. The summed E-state index contributed by atoms with van der Waals surface area (Å²) in [7, 11) is 0. The van der Waals surface area contributed by atoms with Gasteiger partial charge in [0.2, 0.25) is 0 Å². The molecular weight excluding hydrogens is 296 g/mol. The summed E-state index contributed by atoms with van der Waals surface area (Å²) in [4.78, 5) is 23.8. The van der Waals surface area contributed by atoms with Gasteiger partial charge in [0.15, 0.2) is 0 Å². The molecule has 1 amide bonds. The molecule has 0 aromatic heterocycles. The molecule has 6 nitrogen and oxygen atoms in total. The lowest BCUT2D eigenvalue weighted by molar-refractivity contribution is -0.140. The molecule has 0 fully saturated rings. The van der Waals surface area contributed by atoms with E-state index >= 15 is 0 Å². The molecule has 0 unspecified atom stereocenters. The Kier molecular flexibility index (Phi) is 4.90. The first kappa shape index (κ1) is 15.4. The molecule has 2 rings (SSSR count). The van der Waals surface area contributed by atoms with Gasteiger partial charge in [-0.1, -0.05) is 17.7 Å². The molecular formula is C14H17ClN2O4. The van der Waals surface area contributed by atoms with Crippen LogP contribution in [0, 0.1) is 0 Å². The Hall–Kier alpha value is -1.95. The van der Waals surface area contributed by atoms with Crippen LogP contribution < -0.4 is 5.32 Å². The number of carbonyl (C=O) groups excluding carboxylic acids is 1. The second-order valence-electron chi connectivity index (χ2n) is 4.67. The van der Waals surface area contributed by atoms with Crippen LogP contribution in [0.2, 0.25) is 5.02 Å². The Balaban J connectivity index is 2.17. The largest absolute Gasteiger partial charge is 0.465 e. The highest BCUT2D eigenvalue weighted by atomic mass is 35.5. The third-order valence-corrected chi connectivity index (χ3v) is 3.65. The predicted octanol–water partition coefficient (Wildman–Crippen LogP) is 2.35. The normalized spacial score (nSPS) is 13.5. The first-order valence-corrected chi connectivity index (χ1v) is 7.08. The number of carbonyl (C=O) groups is 2. The number of halogens is 1. The number of ether oxygens (including phenoxy) is 1. The maximum Gasteiger partial charge on any atom is 0.407 e. The van der Waals surface area contributed by atoms with E-state index in [1.54, 1.807) is 13.0 Å². The maximum atomic E-state index is 11.4. The van der Waals surface area contributed by atoms with Gasteiger partial charge in [0.25, 0.3) is 0 Å². The fourth-order valence-electron chi connectivity index (χ4n) is 2.35. The minimum Gasteiger partial charge on any atom is -0.465 e. The average molecular weight is 313 g/mol. The van der Waals surface area contributed by atoms with E-state index in [9.17, 15) is 9.59 Å². The molecule has 0 spiro atoms. The number of fused-ring (bicyclic) bond motifs is 1. The van der Waals surface area contributed by atoms with Crippen LogP contribution in [-0.4, -0.2) is 41.8 Å². The molecule has 2 N–H and O–H groups in total. The molecule has 1 aliphatic heterocycles. The third-order valence-electron chi connectivity index (χ3n) is 3.34. The van der Waals surface area contributed by atoms with Gasteiger partial charge < -0.3 is 20.1 Å². The fourth-order valence-corrected chi connectivity index (χ4v) is 2.60. The number of nitrogens with one attached hydrogen (secondary N) is 1. The first-order chi connectivity index (χ1) is 10.0. The Labute approximate surface area is 127 Å². The quantitative estimate of drug-likeness (QED) is 0.834. The van der Waals surface area contributed by atoms with Gasteiger partial charge in [0.1, 0.15) is 6.54 Å². The fraction of sp³-hybridized carbons (Fsp3) is 0.429. The van der Waals surface area contributed by atoms with Gasteiger partial charge >= 0.3 is 12.1 Å². The SMILES string of the molecule is CCOC(=O)CNc1c(Cl)ccc2c1CCN(C(=O)O)C2. The van der Waals surface area contributed by atoms with Gasteiger partial charge in [-0.3, -0.25) is 4.79 Å². The summed E-state index contributed by atoms with van der Waals surface area (Å²) in [6, 6.07) is 3.53. The van der Waals surface area contributed by atoms with Gasteiger partial charge in [0.05, 0.1) is 17.3 Å². The van der Waals surface area contributed by atoms with Crippen molar-refractivity contribution in [1.82, 2.24) is 4.90 Å². The number of esters is 1. The van der Waals surface area contributed by atoms with E-state index in [2.05, 4.69) is 5.32 Å². The van der Waals surface area contributed by atoms with Crippen molar-refractivity contribution in [2.45, 2.75) is 19.9 Å². The highest BCUT2D eigenvalue weighted by molar-refractivity contribution is 6.33. The molecule has 1 aliphatic rings. The number of hydrogen-bond acceptors (Lipinski definition) is 4. The second kappa shape index (κ2) is 6.67. The topological polar surface area (TPSA) is 78.9 Å². The highest BCUT2D eigenvalue weighted by Gasteiger charge is 2.23. The van der Waals surface area contributed by atoms with Crippen LogP contribution in [-0.2, 0) is 22.5 Å². The number of benzene rings is 1. The summed E-state index contributed by atoms with van der Waals surface area (Å²) >= 11 is 6.18. The van der Waals surface area contributed by atoms with Crippen molar-refractivity contribution in [3.05, 3.63) is 28.3 Å². The van der Waals surface area contributed by atoms with E-state index in [0.29, 0.717) is 36.8 Å². The molecule has 0 saturated carbocycles. The molecule has 0 aliphatic carbocycles. The number of hydrogen-bond donors (Lipinski definition) is 2. The van der Waals surface area contributed by atoms with Crippen LogP contribution in [0.25, 0.3) is 0 Å². The highest BCUT2D eigenvalue weighted by Crippen LogP contribution is 2.32. The number of nitrogens with zero attached hydrogens (tertiary/aromatic N) is 1. The van der Waals surface area contributed by atoms with Crippen molar-refractivity contribution >= 4 is 29.4 Å². The maximum absolute atomic E-state index is 11.4. The molecule has 0 saturated heterocycles. The van der Waals surface area contributed by atoms with Gasteiger partial charge in [-0.25, -0.2) is 4.79 Å². The average Bonchev–Trinajstić information content (AvgIpc) is 2.46. The Morgan fingerprint density at radius 3 is 2.90 bits per heavy atom. The number of anilines is 1. The van der Waals surface area contributed by atoms with Gasteiger partial charge in [-0.2, -0.15) is 0 Å². The van der Waals surface area contributed by atoms with Crippen LogP contribution in [0.5, 0.6) is 0 Å². The van der Waals surface area contributed by atoms with Crippen molar-refractivity contribution < 1.29 is 19.4 Å². The standard InChI is InChI=1S/C14H17ClN2O4/c1-2-21-12(18)7-16-13-10-5-6-17(14(19)20)8-9(10)3-4-11(13)15/h3-4,16H,2,5-8H2,1H3,(H,19,20). The lowest BCUT2D eigenvalue weighted by atomic mass is 9.98. The molecule has 7 heteroatoms. The summed E-state index contributed by atoms with van der Waals surface area (Å²) in [5.41, 5.74) is 2.55. The van der Waals surface area contributed by atoms with Gasteiger partial charge in [0, 0.05) is 13.1 Å². The zero-order chi connectivity index (χ0) is 15.4. The van der Waals surface area contributed by atoms with Crippen LogP contribution >= 0.6 is 11.6 Å². The van der Waals surface area contributed by atoms with Gasteiger partial charge in [-0.05, 0) is 30.5 Å². The number of rotatable bonds is 4. The van der Waals surface area contributed by atoms with Crippen molar-refractivity contribution in [2.75, 3.05) is 25.0 Å². The van der Waals surface area contributed by atoms with Crippen molar-refractivity contribution in [3.8, 4) is 0 Å². The Morgan fingerprint density at radius 1 is 1.48 bits per heavy atom. The van der Waals surface area contributed by atoms with Crippen LogP contribution in [0.1, 0.15) is 18.1 Å². The zero-order valence-electron chi connectivity index (χ0n) is 11.7. The molecule has 0 radical (unpaired) electrons. The monoisotopic (exact) mass is 312 g/mol. The lowest BCUT2D eigenvalue weighted by Gasteiger charge is -2.28. The van der Waals surface area contributed by atoms with Crippen LogP contribution in [0.3, 0.4) is 0 Å². The molecule has 21 heavy (non-hydrogen) atoms. The zero-order valence-corrected chi connectivity index (χ0v) is 12.4. The lowest BCUT2D eigenvalue weighted by Crippen LogP contribution is -2.35. The van der Waals surface area contributed by atoms with E-state index in [-0.39, 0.29) is 12.5 Å². The minimum absolute atomic E-state index is 0.0344. The van der Waals surface area contributed by atoms with E-state index in [1.807, 2.05) is 6.07 Å². The molecule has 1 heterocycles. The Bertz CT molecular complexity index is 562. The number of amides is 1. The van der Waals surface area contributed by atoms with E-state index < -0.39 is 6.09 Å². The summed E-state index contributed by atoms with van der Waals surface area (Å²) in [6.45, 7) is 2.85. The molecule has 114 valence electrons. The van der Waals surface area contributed by atoms with E-state index in [1.165, 1.54) is 4.90 Å². The molecule has 0 atom stereocenters.